The van der Waals surface area contributed by atoms with Gasteiger partial charge in [0.2, 0.25) is 17.7 Å². The highest BCUT2D eigenvalue weighted by atomic mass is 32.1. The second-order valence-corrected chi connectivity index (χ2v) is 13.8. The summed E-state index contributed by atoms with van der Waals surface area (Å²) in [5.41, 5.74) is 4.07. The normalized spacial score (nSPS) is 23.1. The molecule has 0 spiro atoms. The van der Waals surface area contributed by atoms with Gasteiger partial charge in [0.05, 0.1) is 12.5 Å². The summed E-state index contributed by atoms with van der Waals surface area (Å²) in [5, 5.41) is 5.16. The number of nitrogens with zero attached hydrogens (tertiary/aromatic N) is 1. The number of hydrogen-bond acceptors (Lipinski definition) is 6. The van der Waals surface area contributed by atoms with Crippen molar-refractivity contribution in [2.45, 2.75) is 71.8 Å². The zero-order chi connectivity index (χ0) is 30.5. The predicted molar refractivity (Wildman–Crippen MR) is 167 cm³/mol. The molecule has 2 fully saturated rings. The van der Waals surface area contributed by atoms with E-state index in [1.807, 2.05) is 62.5 Å². The number of likely N-dealkylation sites (tertiary alicyclic amines) is 1. The number of thiophene rings is 1. The number of piperidine rings is 1. The number of amides is 3. The lowest BCUT2D eigenvalue weighted by molar-refractivity contribution is -0.172. The van der Waals surface area contributed by atoms with E-state index >= 15 is 0 Å². The summed E-state index contributed by atoms with van der Waals surface area (Å²) >= 11 is 1.24. The van der Waals surface area contributed by atoms with Gasteiger partial charge in [-0.2, -0.15) is 0 Å². The number of rotatable bonds is 7. The molecule has 224 valence electrons. The molecule has 8 heteroatoms. The number of aryl methyl sites for hydroxylation is 2. The number of carbonyl (C=O) groups excluding carboxylic acids is 4. The molecule has 2 aliphatic carbocycles. The van der Waals surface area contributed by atoms with Crippen LogP contribution in [-0.2, 0) is 38.4 Å². The fourth-order valence-electron chi connectivity index (χ4n) is 7.35. The monoisotopic (exact) mass is 598 g/mol. The molecule has 6 rings (SSSR count). The summed E-state index contributed by atoms with van der Waals surface area (Å²) < 4.78 is 5.17. The van der Waals surface area contributed by atoms with Crippen LogP contribution < -0.4 is 5.32 Å². The van der Waals surface area contributed by atoms with Gasteiger partial charge in [-0.25, -0.2) is 4.79 Å². The molecule has 3 aliphatic rings. The van der Waals surface area contributed by atoms with Gasteiger partial charge in [-0.1, -0.05) is 69.3 Å². The van der Waals surface area contributed by atoms with Crippen LogP contribution >= 0.6 is 11.3 Å². The lowest BCUT2D eigenvalue weighted by Gasteiger charge is -2.49. The van der Waals surface area contributed by atoms with E-state index in [9.17, 15) is 19.2 Å². The Balaban J connectivity index is 1.37. The quantitative estimate of drug-likeness (QED) is 0.250. The van der Waals surface area contributed by atoms with Gasteiger partial charge in [0.1, 0.15) is 16.6 Å². The van der Waals surface area contributed by atoms with E-state index in [2.05, 4.69) is 17.4 Å². The number of methoxy groups -OCH3 is 1. The number of nitrogens with one attached hydrogen (secondary N) is 1. The van der Waals surface area contributed by atoms with E-state index in [-0.39, 0.29) is 29.7 Å². The fraction of sp³-hybridized carbons (Fsp3) is 0.429. The van der Waals surface area contributed by atoms with Crippen LogP contribution in [0.3, 0.4) is 0 Å². The van der Waals surface area contributed by atoms with Gasteiger partial charge in [0.25, 0.3) is 0 Å². The first-order valence-corrected chi connectivity index (χ1v) is 16.0. The van der Waals surface area contributed by atoms with Crippen molar-refractivity contribution in [3.8, 4) is 11.1 Å². The molecular weight excluding hydrogens is 560 g/mol. The van der Waals surface area contributed by atoms with Gasteiger partial charge in [0, 0.05) is 23.3 Å². The Morgan fingerprint density at radius 2 is 1.77 bits per heavy atom. The van der Waals surface area contributed by atoms with Crippen molar-refractivity contribution in [2.75, 3.05) is 12.4 Å². The van der Waals surface area contributed by atoms with Crippen molar-refractivity contribution in [1.82, 2.24) is 4.90 Å². The second kappa shape index (κ2) is 11.1. The molecule has 3 aromatic rings. The van der Waals surface area contributed by atoms with Crippen molar-refractivity contribution < 1.29 is 23.9 Å². The van der Waals surface area contributed by atoms with Crippen molar-refractivity contribution in [3.05, 3.63) is 76.2 Å². The third-order valence-corrected chi connectivity index (χ3v) is 11.3. The van der Waals surface area contributed by atoms with Gasteiger partial charge < -0.3 is 10.1 Å². The molecule has 2 aromatic carbocycles. The van der Waals surface area contributed by atoms with Gasteiger partial charge in [-0.3, -0.25) is 19.3 Å². The number of imide groups is 1. The average Bonchev–Trinajstić information content (AvgIpc) is 3.50. The van der Waals surface area contributed by atoms with E-state index < -0.39 is 28.7 Å². The Hall–Kier alpha value is -3.78. The first-order chi connectivity index (χ1) is 20.6. The molecular formula is C35H38N2O5S. The lowest BCUT2D eigenvalue weighted by atomic mass is 9.62. The SMILES string of the molecule is COC(=O)c1c(-c2ccc3c(c2)CCCC3)csc1NC(=O)C(Cc1ccccc1)N1C(=O)C2CCC(C)(C1=O)C2(C)C. The lowest BCUT2D eigenvalue weighted by Crippen LogP contribution is -2.64. The first kappa shape index (κ1) is 29.3. The molecule has 1 N–H and O–H groups in total. The van der Waals surface area contributed by atoms with Crippen molar-refractivity contribution >= 4 is 40.0 Å². The van der Waals surface area contributed by atoms with E-state index in [0.29, 0.717) is 23.4 Å². The molecule has 0 radical (unpaired) electrons. The van der Waals surface area contributed by atoms with Crippen molar-refractivity contribution in [2.24, 2.45) is 16.7 Å². The number of carbonyl (C=O) groups is 4. The molecule has 2 bridgehead atoms. The Labute approximate surface area is 256 Å². The Bertz CT molecular complexity index is 1610. The molecule has 1 saturated carbocycles. The third-order valence-electron chi connectivity index (χ3n) is 10.4. The van der Waals surface area contributed by atoms with Gasteiger partial charge in [-0.15, -0.1) is 11.3 Å². The maximum Gasteiger partial charge on any atom is 0.341 e. The molecule has 1 saturated heterocycles. The van der Waals surface area contributed by atoms with Crippen molar-refractivity contribution in [3.63, 3.8) is 0 Å². The predicted octanol–water partition coefficient (Wildman–Crippen LogP) is 6.44. The van der Waals surface area contributed by atoms with Crippen LogP contribution in [0.15, 0.2) is 53.9 Å². The number of ether oxygens (including phenoxy) is 1. The zero-order valence-corrected chi connectivity index (χ0v) is 26.0. The van der Waals surface area contributed by atoms with E-state index in [0.717, 1.165) is 30.4 Å². The molecule has 1 aromatic heterocycles. The minimum atomic E-state index is -1.07. The highest BCUT2D eigenvalue weighted by Crippen LogP contribution is 2.60. The minimum Gasteiger partial charge on any atom is -0.465 e. The standard InChI is InChI=1S/C35H38N2O5S/c1-34(2)26-16-17-35(34,3)33(41)37(31(26)39)27(18-21-10-6-5-7-11-21)29(38)36-30-28(32(40)42-4)25(20-43-30)24-15-14-22-12-8-9-13-23(22)19-24/h5-7,10-11,14-15,19-20,26-27H,8-9,12-13,16-18H2,1-4H3,(H,36,38). The molecule has 7 nitrogen and oxygen atoms in total. The summed E-state index contributed by atoms with van der Waals surface area (Å²) in [6.07, 6.45) is 5.76. The van der Waals surface area contributed by atoms with Crippen molar-refractivity contribution in [1.29, 1.82) is 0 Å². The number of esters is 1. The maximum atomic E-state index is 14.2. The van der Waals surface area contributed by atoms with E-state index in [4.69, 9.17) is 4.74 Å². The van der Waals surface area contributed by atoms with E-state index in [1.165, 1.54) is 40.9 Å². The molecule has 1 aliphatic heterocycles. The topological polar surface area (TPSA) is 92.8 Å². The van der Waals surface area contributed by atoms with Gasteiger partial charge in [0.15, 0.2) is 0 Å². The third kappa shape index (κ3) is 4.80. The first-order valence-electron chi connectivity index (χ1n) is 15.1. The molecule has 3 atom stereocenters. The largest absolute Gasteiger partial charge is 0.465 e. The Morgan fingerprint density at radius 1 is 1.05 bits per heavy atom. The number of hydrogen-bond donors (Lipinski definition) is 1. The van der Waals surface area contributed by atoms with E-state index in [1.54, 1.807) is 0 Å². The van der Waals surface area contributed by atoms with Crippen LogP contribution in [0.5, 0.6) is 0 Å². The highest BCUT2D eigenvalue weighted by molar-refractivity contribution is 7.15. The zero-order valence-electron chi connectivity index (χ0n) is 25.2. The molecule has 3 unspecified atom stereocenters. The van der Waals surface area contributed by atoms with Crippen LogP contribution in [0.25, 0.3) is 11.1 Å². The summed E-state index contributed by atoms with van der Waals surface area (Å²) in [6.45, 7) is 5.90. The molecule has 2 heterocycles. The van der Waals surface area contributed by atoms with Crippen LogP contribution in [0.4, 0.5) is 5.00 Å². The van der Waals surface area contributed by atoms with Crippen LogP contribution in [0.1, 0.15) is 73.5 Å². The molecule has 43 heavy (non-hydrogen) atoms. The Kier molecular flexibility index (Phi) is 7.53. The Morgan fingerprint density at radius 3 is 2.49 bits per heavy atom. The fourth-order valence-corrected chi connectivity index (χ4v) is 8.31. The highest BCUT2D eigenvalue weighted by Gasteiger charge is 2.65. The van der Waals surface area contributed by atoms with Crippen LogP contribution in [-0.4, -0.2) is 41.7 Å². The molecule has 3 amide bonds. The smallest absolute Gasteiger partial charge is 0.341 e. The minimum absolute atomic E-state index is 0.171. The summed E-state index contributed by atoms with van der Waals surface area (Å²) in [4.78, 5) is 56.6. The maximum absolute atomic E-state index is 14.2. The van der Waals surface area contributed by atoms with Gasteiger partial charge in [-0.05, 0) is 66.2 Å². The second-order valence-electron chi connectivity index (χ2n) is 12.9. The average molecular weight is 599 g/mol. The van der Waals surface area contributed by atoms with Crippen LogP contribution in [0, 0.1) is 16.7 Å². The van der Waals surface area contributed by atoms with Crippen LogP contribution in [0.2, 0.25) is 0 Å². The summed E-state index contributed by atoms with van der Waals surface area (Å²) in [5.74, 6) is -2.00. The summed E-state index contributed by atoms with van der Waals surface area (Å²) in [7, 11) is 1.32. The number of fused-ring (bicyclic) bond motifs is 3. The van der Waals surface area contributed by atoms with Gasteiger partial charge >= 0.3 is 5.97 Å². The number of anilines is 1. The number of benzene rings is 2. The summed E-state index contributed by atoms with van der Waals surface area (Å²) in [6, 6.07) is 14.6.